The molecule has 3 N–H and O–H groups in total. The SMILES string of the molecule is CC(CNC(=O)NCC1(C)CCCO1)CC(=O)O. The summed E-state index contributed by atoms with van der Waals surface area (Å²) in [6.45, 7) is 5.35. The molecule has 1 fully saturated rings. The summed E-state index contributed by atoms with van der Waals surface area (Å²) in [7, 11) is 0. The Morgan fingerprint density at radius 2 is 2.17 bits per heavy atom. The second-order valence-corrected chi connectivity index (χ2v) is 5.17. The molecule has 0 spiro atoms. The molecule has 6 heteroatoms. The van der Waals surface area contributed by atoms with Crippen molar-refractivity contribution in [2.24, 2.45) is 5.92 Å². The fourth-order valence-corrected chi connectivity index (χ4v) is 1.94. The van der Waals surface area contributed by atoms with E-state index in [1.807, 2.05) is 6.92 Å². The molecule has 0 radical (unpaired) electrons. The van der Waals surface area contributed by atoms with E-state index in [2.05, 4.69) is 10.6 Å². The van der Waals surface area contributed by atoms with Gasteiger partial charge in [0, 0.05) is 26.1 Å². The molecule has 104 valence electrons. The molecule has 0 aliphatic carbocycles. The molecule has 0 aromatic rings. The average molecular weight is 258 g/mol. The third kappa shape index (κ3) is 5.35. The molecule has 0 aromatic heterocycles. The molecule has 1 saturated heterocycles. The van der Waals surface area contributed by atoms with Gasteiger partial charge in [-0.05, 0) is 25.7 Å². The fraction of sp³-hybridized carbons (Fsp3) is 0.833. The summed E-state index contributed by atoms with van der Waals surface area (Å²) in [5, 5.41) is 14.0. The Bertz CT molecular complexity index is 300. The van der Waals surface area contributed by atoms with Crippen molar-refractivity contribution >= 4 is 12.0 Å². The molecule has 1 aliphatic heterocycles. The molecule has 0 aromatic carbocycles. The number of carboxylic acid groups (broad SMARTS) is 1. The highest BCUT2D eigenvalue weighted by Crippen LogP contribution is 2.23. The summed E-state index contributed by atoms with van der Waals surface area (Å²) in [6.07, 6.45) is 2.03. The fourth-order valence-electron chi connectivity index (χ4n) is 1.94. The lowest BCUT2D eigenvalue weighted by Gasteiger charge is -2.23. The van der Waals surface area contributed by atoms with E-state index in [0.717, 1.165) is 19.4 Å². The lowest BCUT2D eigenvalue weighted by Crippen LogP contribution is -2.45. The maximum atomic E-state index is 11.5. The number of aliphatic carboxylic acids is 1. The molecule has 1 rings (SSSR count). The van der Waals surface area contributed by atoms with Gasteiger partial charge in [-0.1, -0.05) is 6.92 Å². The zero-order valence-corrected chi connectivity index (χ0v) is 11.0. The maximum Gasteiger partial charge on any atom is 0.314 e. The van der Waals surface area contributed by atoms with Gasteiger partial charge in [0.05, 0.1) is 5.60 Å². The Hall–Kier alpha value is -1.30. The van der Waals surface area contributed by atoms with Crippen LogP contribution < -0.4 is 10.6 Å². The van der Waals surface area contributed by atoms with Gasteiger partial charge in [0.25, 0.3) is 0 Å². The van der Waals surface area contributed by atoms with E-state index in [4.69, 9.17) is 9.84 Å². The van der Waals surface area contributed by atoms with Crippen LogP contribution in [0.2, 0.25) is 0 Å². The van der Waals surface area contributed by atoms with Gasteiger partial charge in [-0.15, -0.1) is 0 Å². The molecular formula is C12H22N2O4. The number of carboxylic acids is 1. The predicted molar refractivity (Wildman–Crippen MR) is 66.4 cm³/mol. The minimum absolute atomic E-state index is 0.0567. The highest BCUT2D eigenvalue weighted by atomic mass is 16.5. The van der Waals surface area contributed by atoms with Crippen LogP contribution in [0.25, 0.3) is 0 Å². The molecule has 2 amide bonds. The van der Waals surface area contributed by atoms with Crippen molar-refractivity contribution < 1.29 is 19.4 Å². The number of nitrogens with one attached hydrogen (secondary N) is 2. The molecule has 1 aliphatic rings. The van der Waals surface area contributed by atoms with Gasteiger partial charge in [-0.25, -0.2) is 4.79 Å². The maximum absolute atomic E-state index is 11.5. The molecular weight excluding hydrogens is 236 g/mol. The number of rotatable bonds is 6. The van der Waals surface area contributed by atoms with Crippen molar-refractivity contribution in [1.82, 2.24) is 10.6 Å². The molecule has 18 heavy (non-hydrogen) atoms. The van der Waals surface area contributed by atoms with Crippen molar-refractivity contribution in [3.05, 3.63) is 0 Å². The first kappa shape index (κ1) is 14.8. The minimum Gasteiger partial charge on any atom is -0.481 e. The lowest BCUT2D eigenvalue weighted by molar-refractivity contribution is -0.137. The van der Waals surface area contributed by atoms with Gasteiger partial charge in [-0.2, -0.15) is 0 Å². The van der Waals surface area contributed by atoms with Crippen LogP contribution in [0.4, 0.5) is 4.79 Å². The first-order valence-electron chi connectivity index (χ1n) is 6.29. The van der Waals surface area contributed by atoms with Crippen molar-refractivity contribution in [1.29, 1.82) is 0 Å². The third-order valence-electron chi connectivity index (χ3n) is 3.06. The van der Waals surface area contributed by atoms with E-state index < -0.39 is 5.97 Å². The van der Waals surface area contributed by atoms with Crippen LogP contribution in [0.5, 0.6) is 0 Å². The van der Waals surface area contributed by atoms with Gasteiger partial charge in [0.15, 0.2) is 0 Å². The number of ether oxygens (including phenoxy) is 1. The highest BCUT2D eigenvalue weighted by Gasteiger charge is 2.29. The van der Waals surface area contributed by atoms with E-state index in [0.29, 0.717) is 13.1 Å². The molecule has 2 atom stereocenters. The van der Waals surface area contributed by atoms with E-state index in [-0.39, 0.29) is 24.0 Å². The Labute approximate surface area is 107 Å². The van der Waals surface area contributed by atoms with Crippen LogP contribution in [0.1, 0.15) is 33.1 Å². The smallest absolute Gasteiger partial charge is 0.314 e. The highest BCUT2D eigenvalue weighted by molar-refractivity contribution is 5.74. The predicted octanol–water partition coefficient (Wildman–Crippen LogP) is 0.965. The van der Waals surface area contributed by atoms with E-state index in [1.165, 1.54) is 0 Å². The Kier molecular flexibility index (Phi) is 5.40. The zero-order chi connectivity index (χ0) is 13.6. The molecule has 2 unspecified atom stereocenters. The van der Waals surface area contributed by atoms with Gasteiger partial charge >= 0.3 is 12.0 Å². The summed E-state index contributed by atoms with van der Waals surface area (Å²) in [5.41, 5.74) is -0.260. The normalized spacial score (nSPS) is 24.6. The van der Waals surface area contributed by atoms with E-state index in [9.17, 15) is 9.59 Å². The van der Waals surface area contributed by atoms with Crippen LogP contribution in [-0.2, 0) is 9.53 Å². The molecule has 0 saturated carbocycles. The first-order valence-corrected chi connectivity index (χ1v) is 6.29. The summed E-state index contributed by atoms with van der Waals surface area (Å²) in [4.78, 5) is 22.0. The topological polar surface area (TPSA) is 87.7 Å². The van der Waals surface area contributed by atoms with E-state index in [1.54, 1.807) is 6.92 Å². The van der Waals surface area contributed by atoms with Crippen LogP contribution in [-0.4, -0.2) is 42.4 Å². The van der Waals surface area contributed by atoms with Gasteiger partial charge in [-0.3, -0.25) is 4.79 Å². The number of carbonyl (C=O) groups excluding carboxylic acids is 1. The third-order valence-corrected chi connectivity index (χ3v) is 3.06. The van der Waals surface area contributed by atoms with Crippen LogP contribution >= 0.6 is 0 Å². The Morgan fingerprint density at radius 1 is 1.44 bits per heavy atom. The van der Waals surface area contributed by atoms with Gasteiger partial charge < -0.3 is 20.5 Å². The second kappa shape index (κ2) is 6.58. The van der Waals surface area contributed by atoms with Crippen molar-refractivity contribution in [2.75, 3.05) is 19.7 Å². The van der Waals surface area contributed by atoms with E-state index >= 15 is 0 Å². The molecule has 0 bridgehead atoms. The minimum atomic E-state index is -0.850. The number of urea groups is 1. The monoisotopic (exact) mass is 258 g/mol. The molecule has 6 nitrogen and oxygen atoms in total. The van der Waals surface area contributed by atoms with Crippen molar-refractivity contribution in [3.63, 3.8) is 0 Å². The van der Waals surface area contributed by atoms with Crippen molar-refractivity contribution in [3.8, 4) is 0 Å². The van der Waals surface area contributed by atoms with Gasteiger partial charge in [0.2, 0.25) is 0 Å². The lowest BCUT2D eigenvalue weighted by atomic mass is 10.0. The van der Waals surface area contributed by atoms with Crippen LogP contribution in [0.3, 0.4) is 0 Å². The van der Waals surface area contributed by atoms with Gasteiger partial charge in [0.1, 0.15) is 0 Å². The quantitative estimate of drug-likeness (QED) is 0.662. The molecule has 1 heterocycles. The number of carbonyl (C=O) groups is 2. The summed E-state index contributed by atoms with van der Waals surface area (Å²) < 4.78 is 5.55. The summed E-state index contributed by atoms with van der Waals surface area (Å²) >= 11 is 0. The Morgan fingerprint density at radius 3 is 2.72 bits per heavy atom. The first-order chi connectivity index (χ1) is 8.41. The zero-order valence-electron chi connectivity index (χ0n) is 11.0. The number of hydrogen-bond acceptors (Lipinski definition) is 3. The number of hydrogen-bond donors (Lipinski definition) is 3. The van der Waals surface area contributed by atoms with Crippen molar-refractivity contribution in [2.45, 2.75) is 38.7 Å². The standard InChI is InChI=1S/C12H22N2O4/c1-9(6-10(15)16)7-13-11(17)14-8-12(2)4-3-5-18-12/h9H,3-8H2,1-2H3,(H,15,16)(H2,13,14,17). The summed E-state index contributed by atoms with van der Waals surface area (Å²) in [6, 6.07) is -0.274. The second-order valence-electron chi connectivity index (χ2n) is 5.17. The number of amides is 2. The Balaban J connectivity index is 2.15. The largest absolute Gasteiger partial charge is 0.481 e. The average Bonchev–Trinajstić information content (AvgIpc) is 2.70. The van der Waals surface area contributed by atoms with Crippen LogP contribution in [0, 0.1) is 5.92 Å². The van der Waals surface area contributed by atoms with Crippen LogP contribution in [0.15, 0.2) is 0 Å². The summed E-state index contributed by atoms with van der Waals surface area (Å²) in [5.74, 6) is -0.928.